The Morgan fingerprint density at radius 1 is 1.09 bits per heavy atom. The molecule has 1 N–H and O–H groups in total. The van der Waals surface area contributed by atoms with Crippen molar-refractivity contribution in [2.45, 2.75) is 52.6 Å². The predicted octanol–water partition coefficient (Wildman–Crippen LogP) is 5.38. The number of ether oxygens (including phenoxy) is 1. The molecular weight excluding hydrogens is 477 g/mol. The molecule has 0 radical (unpaired) electrons. The fraction of sp³-hybridized carbons (Fsp3) is 0.400. The molecule has 0 saturated carbocycles. The van der Waals surface area contributed by atoms with Gasteiger partial charge in [-0.05, 0) is 69.7 Å². The first-order valence-electron chi connectivity index (χ1n) is 11.3. The SMILES string of the molecule is Cc1cc(-c2sc(N3C[C@@H](C)O[C@@H](C)C3)nc2CNC(=O)c2ccc(C(F)(F)F)cc2)cc(C)n1. The molecular formula is C25H27F3N4O2S. The van der Waals surface area contributed by atoms with Gasteiger partial charge in [-0.2, -0.15) is 13.2 Å². The van der Waals surface area contributed by atoms with Crippen LogP contribution in [-0.2, 0) is 17.5 Å². The summed E-state index contributed by atoms with van der Waals surface area (Å²) in [6.45, 7) is 9.47. The van der Waals surface area contributed by atoms with Gasteiger partial charge < -0.3 is 15.0 Å². The molecule has 1 aromatic carbocycles. The van der Waals surface area contributed by atoms with Crippen LogP contribution in [0, 0.1) is 13.8 Å². The highest BCUT2D eigenvalue weighted by Crippen LogP contribution is 2.36. The summed E-state index contributed by atoms with van der Waals surface area (Å²) in [5.74, 6) is -0.463. The van der Waals surface area contributed by atoms with Crippen LogP contribution in [0.25, 0.3) is 10.4 Å². The normalized spacial score (nSPS) is 18.5. The zero-order valence-electron chi connectivity index (χ0n) is 19.9. The van der Waals surface area contributed by atoms with Crippen molar-refractivity contribution in [1.82, 2.24) is 15.3 Å². The van der Waals surface area contributed by atoms with E-state index in [1.165, 1.54) is 12.1 Å². The van der Waals surface area contributed by atoms with Crippen LogP contribution in [-0.4, -0.2) is 41.2 Å². The summed E-state index contributed by atoms with van der Waals surface area (Å²) in [5, 5.41) is 3.65. The Hall–Kier alpha value is -2.98. The highest BCUT2D eigenvalue weighted by molar-refractivity contribution is 7.19. The van der Waals surface area contributed by atoms with Crippen molar-refractivity contribution < 1.29 is 22.7 Å². The Labute approximate surface area is 206 Å². The summed E-state index contributed by atoms with van der Waals surface area (Å²) in [4.78, 5) is 25.1. The second kappa shape index (κ2) is 9.94. The fourth-order valence-corrected chi connectivity index (χ4v) is 5.28. The lowest BCUT2D eigenvalue weighted by atomic mass is 10.1. The molecule has 3 aromatic rings. The maximum absolute atomic E-state index is 12.8. The molecule has 3 heterocycles. The third-order valence-electron chi connectivity index (χ3n) is 5.61. The number of carbonyl (C=O) groups is 1. The second-order valence-corrected chi connectivity index (χ2v) is 9.81. The van der Waals surface area contributed by atoms with Crippen LogP contribution in [0.5, 0.6) is 0 Å². The van der Waals surface area contributed by atoms with Crippen molar-refractivity contribution >= 4 is 22.4 Å². The largest absolute Gasteiger partial charge is 0.416 e. The molecule has 10 heteroatoms. The van der Waals surface area contributed by atoms with Gasteiger partial charge >= 0.3 is 6.18 Å². The van der Waals surface area contributed by atoms with Crippen LogP contribution >= 0.6 is 11.3 Å². The number of nitrogens with zero attached hydrogens (tertiary/aromatic N) is 3. The van der Waals surface area contributed by atoms with Gasteiger partial charge in [0.25, 0.3) is 5.91 Å². The van der Waals surface area contributed by atoms with Crippen molar-refractivity contribution in [3.05, 3.63) is 64.6 Å². The minimum atomic E-state index is -4.45. The lowest BCUT2D eigenvalue weighted by Gasteiger charge is -2.35. The van der Waals surface area contributed by atoms with Gasteiger partial charge in [-0.15, -0.1) is 0 Å². The number of hydrogen-bond acceptors (Lipinski definition) is 6. The van der Waals surface area contributed by atoms with E-state index in [1.807, 2.05) is 39.8 Å². The molecule has 1 saturated heterocycles. The molecule has 4 rings (SSSR count). The monoisotopic (exact) mass is 504 g/mol. The highest BCUT2D eigenvalue weighted by Gasteiger charge is 2.30. The summed E-state index contributed by atoms with van der Waals surface area (Å²) in [6.07, 6.45) is -4.31. The summed E-state index contributed by atoms with van der Waals surface area (Å²) >= 11 is 1.55. The van der Waals surface area contributed by atoms with Crippen molar-refractivity contribution in [1.29, 1.82) is 0 Å². The number of anilines is 1. The number of aromatic nitrogens is 2. The maximum Gasteiger partial charge on any atom is 0.416 e. The minimum absolute atomic E-state index is 0.0688. The van der Waals surface area contributed by atoms with E-state index in [9.17, 15) is 18.0 Å². The Balaban J connectivity index is 1.60. The summed E-state index contributed by atoms with van der Waals surface area (Å²) in [6, 6.07) is 8.14. The molecule has 0 unspecified atom stereocenters. The zero-order valence-corrected chi connectivity index (χ0v) is 20.8. The van der Waals surface area contributed by atoms with E-state index in [0.717, 1.165) is 39.1 Å². The molecule has 2 aromatic heterocycles. The molecule has 1 amide bonds. The van der Waals surface area contributed by atoms with Crippen LogP contribution < -0.4 is 10.2 Å². The number of morpholine rings is 1. The number of amides is 1. The first-order valence-corrected chi connectivity index (χ1v) is 12.1. The van der Waals surface area contributed by atoms with Crippen molar-refractivity contribution in [2.75, 3.05) is 18.0 Å². The molecule has 1 fully saturated rings. The summed E-state index contributed by atoms with van der Waals surface area (Å²) in [5.41, 5.74) is 2.78. The topological polar surface area (TPSA) is 67.3 Å². The summed E-state index contributed by atoms with van der Waals surface area (Å²) in [7, 11) is 0. The molecule has 1 aliphatic rings. The average Bonchev–Trinajstić information content (AvgIpc) is 3.20. The second-order valence-electron chi connectivity index (χ2n) is 8.83. The number of carbonyl (C=O) groups excluding carboxylic acids is 1. The van der Waals surface area contributed by atoms with E-state index in [0.29, 0.717) is 18.8 Å². The van der Waals surface area contributed by atoms with E-state index in [4.69, 9.17) is 9.72 Å². The van der Waals surface area contributed by atoms with Gasteiger partial charge in [0.2, 0.25) is 0 Å². The number of hydrogen-bond donors (Lipinski definition) is 1. The lowest BCUT2D eigenvalue weighted by molar-refractivity contribution is -0.137. The number of nitrogens with one attached hydrogen (secondary N) is 1. The Morgan fingerprint density at radius 2 is 1.69 bits per heavy atom. The molecule has 0 aliphatic carbocycles. The Morgan fingerprint density at radius 3 is 2.26 bits per heavy atom. The predicted molar refractivity (Wildman–Crippen MR) is 130 cm³/mol. The molecule has 1 aliphatic heterocycles. The quantitative estimate of drug-likeness (QED) is 0.505. The number of thiazole rings is 1. The molecule has 0 spiro atoms. The summed E-state index contributed by atoms with van der Waals surface area (Å²) < 4.78 is 44.3. The van der Waals surface area contributed by atoms with Crippen molar-refractivity contribution in [3.63, 3.8) is 0 Å². The van der Waals surface area contributed by atoms with Crippen LogP contribution in [0.2, 0.25) is 0 Å². The number of rotatable bonds is 5. The van der Waals surface area contributed by atoms with Gasteiger partial charge in [0.05, 0.1) is 34.9 Å². The maximum atomic E-state index is 12.8. The van der Waals surface area contributed by atoms with Crippen molar-refractivity contribution in [2.24, 2.45) is 0 Å². The first-order chi connectivity index (χ1) is 16.5. The highest BCUT2D eigenvalue weighted by atomic mass is 32.1. The van der Waals surface area contributed by atoms with Gasteiger partial charge in [0.1, 0.15) is 0 Å². The van der Waals surface area contributed by atoms with Gasteiger partial charge in [-0.1, -0.05) is 11.3 Å². The smallest absolute Gasteiger partial charge is 0.372 e. The number of pyridine rings is 1. The van der Waals surface area contributed by atoms with E-state index in [1.54, 1.807) is 11.3 Å². The van der Waals surface area contributed by atoms with Crippen LogP contribution in [0.15, 0.2) is 36.4 Å². The molecule has 2 atom stereocenters. The third kappa shape index (κ3) is 5.99. The lowest BCUT2D eigenvalue weighted by Crippen LogP contribution is -2.45. The van der Waals surface area contributed by atoms with Gasteiger partial charge in [-0.25, -0.2) is 4.98 Å². The minimum Gasteiger partial charge on any atom is -0.372 e. The van der Waals surface area contributed by atoms with Crippen LogP contribution in [0.3, 0.4) is 0 Å². The molecule has 6 nitrogen and oxygen atoms in total. The zero-order chi connectivity index (χ0) is 25.3. The van der Waals surface area contributed by atoms with Crippen LogP contribution in [0.4, 0.5) is 18.3 Å². The number of aryl methyl sites for hydroxylation is 2. The standard InChI is InChI=1S/C25H27F3N4O2S/c1-14-9-19(10-15(2)30-14)22-21(31-24(35-22)32-12-16(3)34-17(4)13-32)11-29-23(33)18-5-7-20(8-6-18)25(26,27)28/h5-10,16-17H,11-13H2,1-4H3,(H,29,33)/t16-,17+. The average molecular weight is 505 g/mol. The molecule has 0 bridgehead atoms. The van der Waals surface area contributed by atoms with Crippen molar-refractivity contribution in [3.8, 4) is 10.4 Å². The van der Waals surface area contributed by atoms with E-state index < -0.39 is 17.6 Å². The van der Waals surface area contributed by atoms with Gasteiger partial charge in [0, 0.05) is 30.0 Å². The van der Waals surface area contributed by atoms with E-state index >= 15 is 0 Å². The third-order valence-corrected chi connectivity index (χ3v) is 6.82. The fourth-order valence-electron chi connectivity index (χ4n) is 4.20. The molecule has 186 valence electrons. The Kier molecular flexibility index (Phi) is 7.14. The molecule has 35 heavy (non-hydrogen) atoms. The van der Waals surface area contributed by atoms with E-state index in [2.05, 4.69) is 15.2 Å². The number of benzene rings is 1. The van der Waals surface area contributed by atoms with Gasteiger partial charge in [0.15, 0.2) is 5.13 Å². The van der Waals surface area contributed by atoms with Crippen LogP contribution in [0.1, 0.15) is 46.9 Å². The number of alkyl halides is 3. The Bertz CT molecular complexity index is 1180. The number of halogens is 3. The van der Waals surface area contributed by atoms with Gasteiger partial charge in [-0.3, -0.25) is 9.78 Å². The first kappa shape index (κ1) is 25.1. The van der Waals surface area contributed by atoms with E-state index in [-0.39, 0.29) is 24.3 Å².